The number of nitrogen functional groups attached to an aromatic ring is 1. The number of hydrogen-bond donors (Lipinski definition) is 2. The fourth-order valence-electron chi connectivity index (χ4n) is 1.15. The number of hydrogen-bond acceptors (Lipinski definition) is 3. The zero-order valence-corrected chi connectivity index (χ0v) is 10.1. The molecule has 3 N–H and O–H groups in total. The molecule has 2 aromatic rings. The van der Waals surface area contributed by atoms with E-state index in [1.54, 1.807) is 0 Å². The van der Waals surface area contributed by atoms with Gasteiger partial charge in [-0.25, -0.2) is 9.97 Å². The molecule has 0 saturated heterocycles. The molecule has 0 spiro atoms. The third-order valence-electron chi connectivity index (χ3n) is 1.70. The van der Waals surface area contributed by atoms with Crippen LogP contribution in [0, 0.1) is 6.92 Å². The highest BCUT2D eigenvalue weighted by Crippen LogP contribution is 2.18. The number of nitrogens with zero attached hydrogens (tertiary/aromatic N) is 2. The molecule has 0 fully saturated rings. The Labute approximate surface area is 90.9 Å². The maximum atomic E-state index is 5.63. The van der Waals surface area contributed by atoms with E-state index in [0.717, 1.165) is 16.6 Å². The minimum absolute atomic E-state index is 0.536. The summed E-state index contributed by atoms with van der Waals surface area (Å²) >= 11 is 0. The summed E-state index contributed by atoms with van der Waals surface area (Å²) < 4.78 is 0. The third-order valence-corrected chi connectivity index (χ3v) is 1.70. The van der Waals surface area contributed by atoms with Crippen molar-refractivity contribution < 1.29 is 0 Å². The van der Waals surface area contributed by atoms with Crippen molar-refractivity contribution in [2.45, 2.75) is 34.6 Å². The normalized spacial score (nSPS) is 8.60. The predicted octanol–water partition coefficient (Wildman–Crippen LogP) is 2.90. The van der Waals surface area contributed by atoms with Crippen molar-refractivity contribution in [3.63, 3.8) is 0 Å². The Morgan fingerprint density at radius 2 is 1.73 bits per heavy atom. The molecule has 0 atom stereocenters. The van der Waals surface area contributed by atoms with Crippen LogP contribution in [0.5, 0.6) is 0 Å². The zero-order chi connectivity index (χ0) is 11.8. The molecule has 15 heavy (non-hydrogen) atoms. The first-order valence-corrected chi connectivity index (χ1v) is 5.33. The Morgan fingerprint density at radius 1 is 1.13 bits per heavy atom. The summed E-state index contributed by atoms with van der Waals surface area (Å²) in [6.07, 6.45) is 3.32. The van der Waals surface area contributed by atoms with Crippen LogP contribution < -0.4 is 5.73 Å². The molecule has 2 rings (SSSR count). The minimum Gasteiger partial charge on any atom is -0.383 e. The maximum Gasteiger partial charge on any atom is 0.143 e. The van der Waals surface area contributed by atoms with Gasteiger partial charge in [0, 0.05) is 6.20 Å². The molecule has 4 nitrogen and oxygen atoms in total. The Balaban J connectivity index is 0.000000442. The first kappa shape index (κ1) is 13.4. The number of H-pyrrole nitrogens is 1. The zero-order valence-electron chi connectivity index (χ0n) is 10.1. The Hall–Kier alpha value is -1.58. The fourth-order valence-corrected chi connectivity index (χ4v) is 1.15. The summed E-state index contributed by atoms with van der Waals surface area (Å²) in [4.78, 5) is 10.9. The highest BCUT2D eigenvalue weighted by Gasteiger charge is 2.03. The third kappa shape index (κ3) is 2.94. The first-order valence-electron chi connectivity index (χ1n) is 5.33. The van der Waals surface area contributed by atoms with Gasteiger partial charge in [-0.15, -0.1) is 0 Å². The number of fused-ring (bicyclic) bond motifs is 1. The molecule has 84 valence electrons. The van der Waals surface area contributed by atoms with Crippen LogP contribution in [0.1, 0.15) is 33.3 Å². The lowest BCUT2D eigenvalue weighted by Gasteiger charge is -1.93. The molecule has 0 aliphatic heterocycles. The van der Waals surface area contributed by atoms with E-state index < -0.39 is 0 Å². The lowest BCUT2D eigenvalue weighted by Crippen LogP contribution is -1.91. The van der Waals surface area contributed by atoms with Gasteiger partial charge < -0.3 is 10.7 Å². The van der Waals surface area contributed by atoms with Gasteiger partial charge >= 0.3 is 0 Å². The molecule has 2 aromatic heterocycles. The van der Waals surface area contributed by atoms with Crippen molar-refractivity contribution >= 4 is 16.9 Å². The van der Waals surface area contributed by atoms with Crippen LogP contribution in [-0.2, 0) is 0 Å². The number of nitrogens with one attached hydrogen (secondary N) is 1. The summed E-state index contributed by atoms with van der Waals surface area (Å²) in [6, 6.07) is 0. The van der Waals surface area contributed by atoms with Crippen LogP contribution in [0.15, 0.2) is 12.5 Å². The summed E-state index contributed by atoms with van der Waals surface area (Å²) in [7, 11) is 0. The topological polar surface area (TPSA) is 67.6 Å². The van der Waals surface area contributed by atoms with Gasteiger partial charge in [-0.2, -0.15) is 0 Å². The molecule has 0 aliphatic rings. The average molecular weight is 208 g/mol. The van der Waals surface area contributed by atoms with E-state index in [0.29, 0.717) is 5.82 Å². The van der Waals surface area contributed by atoms with Gasteiger partial charge in [0.05, 0.1) is 5.39 Å². The molecular weight excluding hydrogens is 188 g/mol. The van der Waals surface area contributed by atoms with E-state index in [-0.39, 0.29) is 0 Å². The molecule has 0 radical (unpaired) electrons. The molecule has 0 aliphatic carbocycles. The average Bonchev–Trinajstić information content (AvgIpc) is 2.68. The van der Waals surface area contributed by atoms with Crippen molar-refractivity contribution in [3.05, 3.63) is 18.1 Å². The molecule has 0 saturated carbocycles. The van der Waals surface area contributed by atoms with E-state index in [1.165, 1.54) is 6.33 Å². The van der Waals surface area contributed by atoms with Gasteiger partial charge in [0.15, 0.2) is 0 Å². The molecule has 0 unspecified atom stereocenters. The number of aromatic amines is 1. The van der Waals surface area contributed by atoms with Crippen LogP contribution >= 0.6 is 0 Å². The SMILES string of the molecule is CC.CC.Cc1c[nH]c2ncnc(N)c12. The molecule has 0 amide bonds. The van der Waals surface area contributed by atoms with Crippen LogP contribution in [0.4, 0.5) is 5.82 Å². The summed E-state index contributed by atoms with van der Waals surface area (Å²) in [6.45, 7) is 9.97. The smallest absolute Gasteiger partial charge is 0.143 e. The van der Waals surface area contributed by atoms with Crippen molar-refractivity contribution in [2.75, 3.05) is 5.73 Å². The fraction of sp³-hybridized carbons (Fsp3) is 0.455. The van der Waals surface area contributed by atoms with Crippen LogP contribution in [0.2, 0.25) is 0 Å². The van der Waals surface area contributed by atoms with Crippen LogP contribution in [0.25, 0.3) is 11.0 Å². The highest BCUT2D eigenvalue weighted by molar-refractivity contribution is 5.88. The van der Waals surface area contributed by atoms with Crippen molar-refractivity contribution in [1.82, 2.24) is 15.0 Å². The van der Waals surface area contributed by atoms with E-state index in [4.69, 9.17) is 5.73 Å². The second-order valence-electron chi connectivity index (χ2n) is 2.45. The number of rotatable bonds is 0. The number of nitrogens with two attached hydrogens (primary N) is 1. The summed E-state index contributed by atoms with van der Waals surface area (Å²) in [5, 5.41) is 0.924. The first-order chi connectivity index (χ1) is 7.29. The number of aryl methyl sites for hydroxylation is 1. The number of aromatic nitrogens is 3. The van der Waals surface area contributed by atoms with E-state index in [9.17, 15) is 0 Å². The van der Waals surface area contributed by atoms with Gasteiger partial charge in [0.1, 0.15) is 17.8 Å². The van der Waals surface area contributed by atoms with E-state index in [1.807, 2.05) is 40.8 Å². The molecule has 0 aromatic carbocycles. The van der Waals surface area contributed by atoms with Crippen LogP contribution in [0.3, 0.4) is 0 Å². The highest BCUT2D eigenvalue weighted by atomic mass is 15.0. The summed E-state index contributed by atoms with van der Waals surface area (Å²) in [5.74, 6) is 0.536. The predicted molar refractivity (Wildman–Crippen MR) is 65.7 cm³/mol. The van der Waals surface area contributed by atoms with E-state index >= 15 is 0 Å². The van der Waals surface area contributed by atoms with Crippen molar-refractivity contribution in [3.8, 4) is 0 Å². The molecule has 0 bridgehead atoms. The molecular formula is C11H20N4. The molecule has 2 heterocycles. The van der Waals surface area contributed by atoms with Gasteiger partial charge in [0.2, 0.25) is 0 Å². The van der Waals surface area contributed by atoms with Crippen molar-refractivity contribution in [1.29, 1.82) is 0 Å². The van der Waals surface area contributed by atoms with Gasteiger partial charge in [-0.3, -0.25) is 0 Å². The van der Waals surface area contributed by atoms with Gasteiger partial charge in [-0.05, 0) is 12.5 Å². The standard InChI is InChI=1S/C7H8N4.2C2H6/c1-4-2-9-7-5(4)6(8)10-3-11-7;2*1-2/h2-3H,1H3,(H3,8,9,10,11);2*1-2H3. The van der Waals surface area contributed by atoms with E-state index in [2.05, 4.69) is 15.0 Å². The molecule has 4 heteroatoms. The number of anilines is 1. The van der Waals surface area contributed by atoms with Gasteiger partial charge in [-0.1, -0.05) is 27.7 Å². The Morgan fingerprint density at radius 3 is 2.27 bits per heavy atom. The lowest BCUT2D eigenvalue weighted by molar-refractivity contribution is 1.21. The minimum atomic E-state index is 0.536. The Kier molecular flexibility index (Phi) is 6.09. The quantitative estimate of drug-likeness (QED) is 0.699. The monoisotopic (exact) mass is 208 g/mol. The largest absolute Gasteiger partial charge is 0.383 e. The second kappa shape index (κ2) is 6.81. The summed E-state index contributed by atoms with van der Waals surface area (Å²) in [5.41, 5.74) is 7.51. The lowest BCUT2D eigenvalue weighted by atomic mass is 10.2. The maximum absolute atomic E-state index is 5.63. The van der Waals surface area contributed by atoms with Crippen molar-refractivity contribution in [2.24, 2.45) is 0 Å². The Bertz CT molecular complexity index is 392. The second-order valence-corrected chi connectivity index (χ2v) is 2.45. The van der Waals surface area contributed by atoms with Gasteiger partial charge in [0.25, 0.3) is 0 Å². The van der Waals surface area contributed by atoms with Crippen LogP contribution in [-0.4, -0.2) is 15.0 Å².